The summed E-state index contributed by atoms with van der Waals surface area (Å²) in [6, 6.07) is 6.82. The molecular formula is C18H24N2O4S. The summed E-state index contributed by atoms with van der Waals surface area (Å²) >= 11 is 0. The van der Waals surface area contributed by atoms with Crippen LogP contribution < -0.4 is 4.90 Å². The van der Waals surface area contributed by atoms with Crippen LogP contribution >= 0.6 is 0 Å². The van der Waals surface area contributed by atoms with Gasteiger partial charge in [-0.15, -0.1) is 0 Å². The zero-order chi connectivity index (χ0) is 18.0. The van der Waals surface area contributed by atoms with Gasteiger partial charge in [0.25, 0.3) is 5.91 Å². The van der Waals surface area contributed by atoms with Gasteiger partial charge in [0.15, 0.2) is 9.84 Å². The molecule has 2 fully saturated rings. The van der Waals surface area contributed by atoms with Gasteiger partial charge in [0, 0.05) is 36.8 Å². The molecule has 1 atom stereocenters. The third kappa shape index (κ3) is 3.86. The van der Waals surface area contributed by atoms with Crippen molar-refractivity contribution in [1.82, 2.24) is 4.90 Å². The second-order valence-electron chi connectivity index (χ2n) is 6.75. The van der Waals surface area contributed by atoms with Crippen molar-refractivity contribution in [2.24, 2.45) is 0 Å². The van der Waals surface area contributed by atoms with E-state index in [-0.39, 0.29) is 29.4 Å². The molecule has 0 radical (unpaired) electrons. The highest BCUT2D eigenvalue weighted by Crippen LogP contribution is 2.24. The first-order valence-electron chi connectivity index (χ1n) is 8.83. The number of amides is 2. The van der Waals surface area contributed by atoms with Crippen LogP contribution in [0.4, 0.5) is 5.69 Å². The molecular weight excluding hydrogens is 340 g/mol. The molecule has 0 bridgehead atoms. The third-order valence-electron chi connectivity index (χ3n) is 4.87. The predicted molar refractivity (Wildman–Crippen MR) is 96.4 cm³/mol. The Hall–Kier alpha value is -1.89. The fourth-order valence-corrected chi connectivity index (χ4v) is 5.31. The van der Waals surface area contributed by atoms with E-state index in [0.717, 1.165) is 18.5 Å². The van der Waals surface area contributed by atoms with Gasteiger partial charge in [0.05, 0.1) is 11.5 Å². The maximum Gasteiger partial charge on any atom is 0.254 e. The average molecular weight is 364 g/mol. The first-order chi connectivity index (χ1) is 11.9. The van der Waals surface area contributed by atoms with Crippen LogP contribution in [0.5, 0.6) is 0 Å². The summed E-state index contributed by atoms with van der Waals surface area (Å²) < 4.78 is 23.5. The number of benzene rings is 1. The molecule has 2 heterocycles. The molecule has 3 rings (SSSR count). The molecule has 1 unspecified atom stereocenters. The standard InChI is InChI=1S/C18H24N2O4S/c1-2-10-20(16-9-12-25(23,24)13-16)18(22)14-5-7-15(8-6-14)19-11-3-4-17(19)21/h5-8,16H,2-4,9-13H2,1H3. The van der Waals surface area contributed by atoms with Crippen LogP contribution in [0.2, 0.25) is 0 Å². The normalized spacial score (nSPS) is 22.4. The van der Waals surface area contributed by atoms with Crippen molar-refractivity contribution in [2.75, 3.05) is 29.5 Å². The van der Waals surface area contributed by atoms with Gasteiger partial charge in [-0.05, 0) is 43.5 Å². The molecule has 0 aromatic heterocycles. The van der Waals surface area contributed by atoms with E-state index in [9.17, 15) is 18.0 Å². The molecule has 6 nitrogen and oxygen atoms in total. The van der Waals surface area contributed by atoms with Gasteiger partial charge in [0.2, 0.25) is 5.91 Å². The van der Waals surface area contributed by atoms with Crippen LogP contribution in [0.15, 0.2) is 24.3 Å². The number of hydrogen-bond acceptors (Lipinski definition) is 4. The minimum absolute atomic E-state index is 0.0547. The lowest BCUT2D eigenvalue weighted by atomic mass is 10.1. The summed E-state index contributed by atoms with van der Waals surface area (Å²) in [5.41, 5.74) is 1.35. The van der Waals surface area contributed by atoms with E-state index in [2.05, 4.69) is 0 Å². The van der Waals surface area contributed by atoms with Crippen LogP contribution in [-0.4, -0.2) is 55.8 Å². The molecule has 1 aromatic carbocycles. The SMILES string of the molecule is CCCN(C(=O)c1ccc(N2CCCC2=O)cc1)C1CCS(=O)(=O)C1. The number of carbonyl (C=O) groups excluding carboxylic acids is 2. The fraction of sp³-hybridized carbons (Fsp3) is 0.556. The Morgan fingerprint density at radius 1 is 1.28 bits per heavy atom. The molecule has 0 N–H and O–H groups in total. The van der Waals surface area contributed by atoms with Crippen LogP contribution in [0.25, 0.3) is 0 Å². The lowest BCUT2D eigenvalue weighted by Gasteiger charge is -2.28. The van der Waals surface area contributed by atoms with E-state index in [4.69, 9.17) is 0 Å². The number of rotatable bonds is 5. The Bertz CT molecular complexity index is 758. The molecule has 2 aliphatic rings. The molecule has 136 valence electrons. The smallest absolute Gasteiger partial charge is 0.254 e. The van der Waals surface area contributed by atoms with E-state index < -0.39 is 9.84 Å². The monoisotopic (exact) mass is 364 g/mol. The van der Waals surface area contributed by atoms with Crippen molar-refractivity contribution in [3.8, 4) is 0 Å². The number of sulfone groups is 1. The third-order valence-corrected chi connectivity index (χ3v) is 6.62. The van der Waals surface area contributed by atoms with E-state index in [1.807, 2.05) is 6.92 Å². The second-order valence-corrected chi connectivity index (χ2v) is 8.98. The average Bonchev–Trinajstić information content (AvgIpc) is 3.17. The highest BCUT2D eigenvalue weighted by atomic mass is 32.2. The molecule has 2 saturated heterocycles. The van der Waals surface area contributed by atoms with Gasteiger partial charge >= 0.3 is 0 Å². The van der Waals surface area contributed by atoms with Crippen molar-refractivity contribution in [1.29, 1.82) is 0 Å². The Kier molecular flexibility index (Phi) is 5.13. The Morgan fingerprint density at radius 3 is 2.52 bits per heavy atom. The summed E-state index contributed by atoms with van der Waals surface area (Å²) in [7, 11) is -3.04. The molecule has 1 aromatic rings. The quantitative estimate of drug-likeness (QED) is 0.799. The number of nitrogens with zero attached hydrogens (tertiary/aromatic N) is 2. The Morgan fingerprint density at radius 2 is 2.00 bits per heavy atom. The van der Waals surface area contributed by atoms with Gasteiger partial charge in [-0.1, -0.05) is 6.92 Å². The van der Waals surface area contributed by atoms with Crippen LogP contribution in [0.3, 0.4) is 0 Å². The first kappa shape index (κ1) is 17.9. The first-order valence-corrected chi connectivity index (χ1v) is 10.7. The van der Waals surface area contributed by atoms with Crippen LogP contribution in [-0.2, 0) is 14.6 Å². The van der Waals surface area contributed by atoms with Gasteiger partial charge in [-0.25, -0.2) is 8.42 Å². The zero-order valence-electron chi connectivity index (χ0n) is 14.5. The molecule has 2 aliphatic heterocycles. The number of anilines is 1. The summed E-state index contributed by atoms with van der Waals surface area (Å²) in [4.78, 5) is 28.1. The molecule has 2 amide bonds. The summed E-state index contributed by atoms with van der Waals surface area (Å²) in [5, 5.41) is 0. The van der Waals surface area contributed by atoms with Gasteiger partial charge in [0.1, 0.15) is 0 Å². The zero-order valence-corrected chi connectivity index (χ0v) is 15.3. The van der Waals surface area contributed by atoms with Gasteiger partial charge in [-0.2, -0.15) is 0 Å². The van der Waals surface area contributed by atoms with Crippen molar-refractivity contribution in [3.63, 3.8) is 0 Å². The molecule has 0 aliphatic carbocycles. The lowest BCUT2D eigenvalue weighted by Crippen LogP contribution is -2.41. The summed E-state index contributed by atoms with van der Waals surface area (Å²) in [5.74, 6) is 0.186. The van der Waals surface area contributed by atoms with Gasteiger partial charge < -0.3 is 9.80 Å². The van der Waals surface area contributed by atoms with E-state index in [1.54, 1.807) is 34.1 Å². The van der Waals surface area contributed by atoms with Gasteiger partial charge in [-0.3, -0.25) is 9.59 Å². The highest BCUT2D eigenvalue weighted by molar-refractivity contribution is 7.91. The van der Waals surface area contributed by atoms with Crippen LogP contribution in [0, 0.1) is 0 Å². The highest BCUT2D eigenvalue weighted by Gasteiger charge is 2.34. The van der Waals surface area contributed by atoms with E-state index in [1.165, 1.54) is 0 Å². The maximum absolute atomic E-state index is 12.9. The minimum Gasteiger partial charge on any atom is -0.335 e. The van der Waals surface area contributed by atoms with Crippen molar-refractivity contribution < 1.29 is 18.0 Å². The van der Waals surface area contributed by atoms with E-state index in [0.29, 0.717) is 31.5 Å². The lowest BCUT2D eigenvalue weighted by molar-refractivity contribution is -0.117. The van der Waals surface area contributed by atoms with E-state index >= 15 is 0 Å². The van der Waals surface area contributed by atoms with Crippen molar-refractivity contribution in [3.05, 3.63) is 29.8 Å². The fourth-order valence-electron chi connectivity index (χ4n) is 3.58. The second kappa shape index (κ2) is 7.15. The molecule has 7 heteroatoms. The molecule has 0 spiro atoms. The summed E-state index contributed by atoms with van der Waals surface area (Å²) in [6.45, 7) is 3.24. The van der Waals surface area contributed by atoms with Crippen molar-refractivity contribution >= 4 is 27.3 Å². The predicted octanol–water partition coefficient (Wildman–Crippen LogP) is 1.85. The maximum atomic E-state index is 12.9. The Labute approximate surface area is 148 Å². The van der Waals surface area contributed by atoms with Crippen LogP contribution in [0.1, 0.15) is 43.0 Å². The molecule has 25 heavy (non-hydrogen) atoms. The minimum atomic E-state index is -3.04. The van der Waals surface area contributed by atoms with Crippen molar-refractivity contribution in [2.45, 2.75) is 38.6 Å². The number of hydrogen-bond donors (Lipinski definition) is 0. The molecule has 0 saturated carbocycles. The topological polar surface area (TPSA) is 74.8 Å². The Balaban J connectivity index is 1.76. The largest absolute Gasteiger partial charge is 0.335 e. The number of carbonyl (C=O) groups is 2. The summed E-state index contributed by atoms with van der Waals surface area (Å²) in [6.07, 6.45) is 2.72.